The Morgan fingerprint density at radius 1 is 1.19 bits per heavy atom. The number of aliphatic hydroxyl groups is 3. The van der Waals surface area contributed by atoms with Crippen molar-refractivity contribution in [2.45, 2.75) is 37.8 Å². The summed E-state index contributed by atoms with van der Waals surface area (Å²) in [5.74, 6) is -5.48. The molecular weight excluding hydrogens is 466 g/mol. The van der Waals surface area contributed by atoms with Gasteiger partial charge in [-0.25, -0.2) is 0 Å². The summed E-state index contributed by atoms with van der Waals surface area (Å²) in [4.78, 5) is 42.8. The molecule has 0 heterocycles. The molecule has 1 aromatic rings. The van der Waals surface area contributed by atoms with Crippen LogP contribution in [0, 0.1) is 11.8 Å². The number of anilines is 1. The SMILES string of the molecule is CCCOc1ccc(N(C)C)c2c1C(=O)C1=C(O)C3(O)C(=O)C(C(N)=O)=C(O)C(N(C)C)C3CC1C2. The van der Waals surface area contributed by atoms with Gasteiger partial charge in [0.25, 0.3) is 5.91 Å². The predicted octanol–water partition coefficient (Wildman–Crippen LogP) is 1.27. The number of nitrogens with two attached hydrogens (primary N) is 1. The molecule has 4 atom stereocenters. The Hall–Kier alpha value is -3.37. The number of aliphatic hydroxyl groups excluding tert-OH is 2. The van der Waals surface area contributed by atoms with E-state index in [0.717, 1.165) is 17.7 Å². The maximum atomic E-state index is 13.9. The fraction of sp³-hybridized carbons (Fsp3) is 0.500. The highest BCUT2D eigenvalue weighted by molar-refractivity contribution is 6.24. The van der Waals surface area contributed by atoms with Crippen LogP contribution in [0.3, 0.4) is 0 Å². The van der Waals surface area contributed by atoms with E-state index in [1.165, 1.54) is 0 Å². The van der Waals surface area contributed by atoms with E-state index in [2.05, 4.69) is 0 Å². The highest BCUT2D eigenvalue weighted by Gasteiger charge is 2.63. The van der Waals surface area contributed by atoms with Crippen molar-refractivity contribution in [3.63, 3.8) is 0 Å². The summed E-state index contributed by atoms with van der Waals surface area (Å²) in [6.07, 6.45) is 1.19. The van der Waals surface area contributed by atoms with Crippen molar-refractivity contribution < 1.29 is 34.4 Å². The van der Waals surface area contributed by atoms with E-state index < -0.39 is 58.0 Å². The molecule has 4 rings (SSSR count). The Kier molecular flexibility index (Phi) is 6.38. The largest absolute Gasteiger partial charge is 0.510 e. The van der Waals surface area contributed by atoms with Crippen LogP contribution in [0.15, 0.2) is 34.8 Å². The second kappa shape index (κ2) is 8.94. The topological polar surface area (TPSA) is 154 Å². The van der Waals surface area contributed by atoms with Crippen LogP contribution in [0.5, 0.6) is 5.75 Å². The quantitative estimate of drug-likeness (QED) is 0.424. The van der Waals surface area contributed by atoms with Crippen LogP contribution < -0.4 is 15.4 Å². The van der Waals surface area contributed by atoms with Gasteiger partial charge in [0.15, 0.2) is 11.4 Å². The Labute approximate surface area is 209 Å². The van der Waals surface area contributed by atoms with E-state index in [1.807, 2.05) is 32.0 Å². The number of primary amides is 1. The van der Waals surface area contributed by atoms with Crippen LogP contribution in [0.2, 0.25) is 0 Å². The molecule has 0 aliphatic heterocycles. The lowest BCUT2D eigenvalue weighted by atomic mass is 9.58. The number of allylic oxidation sites excluding steroid dienone is 1. The fourth-order valence-electron chi connectivity index (χ4n) is 5.97. The average molecular weight is 500 g/mol. The van der Waals surface area contributed by atoms with Crippen molar-refractivity contribution >= 4 is 23.2 Å². The van der Waals surface area contributed by atoms with Crippen molar-refractivity contribution in [3.8, 4) is 5.75 Å². The number of nitrogens with zero attached hydrogens (tertiary/aromatic N) is 2. The third kappa shape index (κ3) is 3.50. The molecule has 0 spiro atoms. The summed E-state index contributed by atoms with van der Waals surface area (Å²) in [6, 6.07) is 2.61. The monoisotopic (exact) mass is 499 g/mol. The number of rotatable bonds is 6. The molecule has 10 heteroatoms. The van der Waals surface area contributed by atoms with Crippen LogP contribution in [0.25, 0.3) is 0 Å². The Morgan fingerprint density at radius 2 is 1.86 bits per heavy atom. The van der Waals surface area contributed by atoms with E-state index >= 15 is 0 Å². The Morgan fingerprint density at radius 3 is 2.42 bits per heavy atom. The van der Waals surface area contributed by atoms with Crippen LogP contribution in [-0.4, -0.2) is 84.1 Å². The zero-order valence-corrected chi connectivity index (χ0v) is 21.2. The molecule has 1 aromatic carbocycles. The van der Waals surface area contributed by atoms with Crippen LogP contribution >= 0.6 is 0 Å². The highest BCUT2D eigenvalue weighted by Crippen LogP contribution is 2.53. The first-order chi connectivity index (χ1) is 16.9. The molecule has 0 saturated carbocycles. The summed E-state index contributed by atoms with van der Waals surface area (Å²) in [7, 11) is 6.97. The molecule has 3 aliphatic rings. The van der Waals surface area contributed by atoms with Gasteiger partial charge in [0.2, 0.25) is 5.78 Å². The molecular formula is C26H33N3O7. The van der Waals surface area contributed by atoms with E-state index in [1.54, 1.807) is 25.1 Å². The fourth-order valence-corrected chi connectivity index (χ4v) is 5.97. The van der Waals surface area contributed by atoms with E-state index in [4.69, 9.17) is 10.5 Å². The molecule has 4 unspecified atom stereocenters. The summed E-state index contributed by atoms with van der Waals surface area (Å²) in [5, 5.41) is 34.0. The standard InChI is InChI=1S/C26H33N3O7/c1-6-9-36-16-8-7-15(28(2)3)13-10-12-11-14-20(29(4)5)22(31)19(25(27)34)24(33)26(14,35)23(32)17(12)21(30)18(13)16/h7-8,12,14,20,31-32,35H,6,9-11H2,1-5H3,(H2,27,34). The number of amides is 1. The van der Waals surface area contributed by atoms with Gasteiger partial charge in [-0.15, -0.1) is 0 Å². The van der Waals surface area contributed by atoms with Gasteiger partial charge in [-0.2, -0.15) is 0 Å². The maximum absolute atomic E-state index is 13.9. The molecule has 0 saturated heterocycles. The van der Waals surface area contributed by atoms with Crippen molar-refractivity contribution in [1.82, 2.24) is 4.90 Å². The lowest BCUT2D eigenvalue weighted by molar-refractivity contribution is -0.148. The lowest BCUT2D eigenvalue weighted by Crippen LogP contribution is -2.63. The molecule has 36 heavy (non-hydrogen) atoms. The van der Waals surface area contributed by atoms with E-state index in [-0.39, 0.29) is 17.6 Å². The van der Waals surface area contributed by atoms with Crippen LogP contribution in [0.1, 0.15) is 35.7 Å². The summed E-state index contributed by atoms with van der Waals surface area (Å²) < 4.78 is 5.86. The third-order valence-electron chi connectivity index (χ3n) is 7.51. The minimum absolute atomic E-state index is 0.0745. The zero-order valence-electron chi connectivity index (χ0n) is 21.2. The third-order valence-corrected chi connectivity index (χ3v) is 7.51. The first-order valence-electron chi connectivity index (χ1n) is 12.0. The minimum Gasteiger partial charge on any atom is -0.510 e. The van der Waals surface area contributed by atoms with Gasteiger partial charge >= 0.3 is 0 Å². The minimum atomic E-state index is -2.59. The Balaban J connectivity index is 1.96. The number of Topliss-reactive ketones (excluding diaryl/α,β-unsaturated/α-hetero) is 2. The number of fused-ring (bicyclic) bond motifs is 3. The number of carbonyl (C=O) groups is 3. The summed E-state index contributed by atoms with van der Waals surface area (Å²) in [6.45, 7) is 2.33. The van der Waals surface area contributed by atoms with Crippen molar-refractivity contribution in [1.29, 1.82) is 0 Å². The second-order valence-corrected chi connectivity index (χ2v) is 10.1. The molecule has 10 nitrogen and oxygen atoms in total. The Bertz CT molecular complexity index is 1220. The zero-order chi connectivity index (χ0) is 26.7. The number of carbonyl (C=O) groups excluding carboxylic acids is 3. The van der Waals surface area contributed by atoms with Gasteiger partial charge in [-0.05, 0) is 57.0 Å². The second-order valence-electron chi connectivity index (χ2n) is 10.1. The van der Waals surface area contributed by atoms with Crippen molar-refractivity contribution in [2.24, 2.45) is 17.6 Å². The van der Waals surface area contributed by atoms with Gasteiger partial charge < -0.3 is 30.7 Å². The van der Waals surface area contributed by atoms with Gasteiger partial charge in [-0.3, -0.25) is 19.3 Å². The van der Waals surface area contributed by atoms with Crippen molar-refractivity contribution in [3.05, 3.63) is 45.9 Å². The molecule has 0 fully saturated rings. The number of ketones is 2. The van der Waals surface area contributed by atoms with Gasteiger partial charge in [0.05, 0.1) is 18.2 Å². The van der Waals surface area contributed by atoms with Gasteiger partial charge in [0, 0.05) is 31.3 Å². The number of hydrogen-bond donors (Lipinski definition) is 4. The number of hydrogen-bond acceptors (Lipinski definition) is 9. The van der Waals surface area contributed by atoms with Gasteiger partial charge in [-0.1, -0.05) is 6.92 Å². The van der Waals surface area contributed by atoms with E-state index in [9.17, 15) is 29.7 Å². The molecule has 0 aromatic heterocycles. The molecule has 1 amide bonds. The molecule has 194 valence electrons. The van der Waals surface area contributed by atoms with Crippen LogP contribution in [0.4, 0.5) is 5.69 Å². The van der Waals surface area contributed by atoms with Crippen LogP contribution in [-0.2, 0) is 16.0 Å². The number of ether oxygens (including phenoxy) is 1. The van der Waals surface area contributed by atoms with Gasteiger partial charge in [0.1, 0.15) is 22.8 Å². The molecule has 5 N–H and O–H groups in total. The first kappa shape index (κ1) is 25.7. The highest BCUT2D eigenvalue weighted by atomic mass is 16.5. The molecule has 0 radical (unpaired) electrons. The first-order valence-corrected chi connectivity index (χ1v) is 12.0. The normalized spacial score (nSPS) is 27.6. The molecule has 3 aliphatic carbocycles. The number of likely N-dealkylation sites (N-methyl/N-ethyl adjacent to an activating group) is 1. The smallest absolute Gasteiger partial charge is 0.255 e. The summed E-state index contributed by atoms with van der Waals surface area (Å²) >= 11 is 0. The number of benzene rings is 1. The maximum Gasteiger partial charge on any atom is 0.255 e. The van der Waals surface area contributed by atoms with E-state index in [0.29, 0.717) is 18.8 Å². The van der Waals surface area contributed by atoms with Crippen molar-refractivity contribution in [2.75, 3.05) is 39.7 Å². The predicted molar refractivity (Wildman–Crippen MR) is 132 cm³/mol. The lowest BCUT2D eigenvalue weighted by Gasteiger charge is -2.50. The average Bonchev–Trinajstić information content (AvgIpc) is 2.79. The summed E-state index contributed by atoms with van der Waals surface area (Å²) in [5.41, 5.74) is 3.81. The molecule has 0 bridgehead atoms.